The summed E-state index contributed by atoms with van der Waals surface area (Å²) < 4.78 is 10.6. The van der Waals surface area contributed by atoms with Crippen LogP contribution in [0.5, 0.6) is 0 Å². The molecule has 140 valence electrons. The van der Waals surface area contributed by atoms with Crippen molar-refractivity contribution in [2.24, 2.45) is 0 Å². The van der Waals surface area contributed by atoms with Crippen LogP contribution in [0.1, 0.15) is 42.5 Å². The summed E-state index contributed by atoms with van der Waals surface area (Å²) in [5.74, 6) is 1.30. The van der Waals surface area contributed by atoms with E-state index in [9.17, 15) is 4.79 Å². The number of aromatic nitrogens is 3. The minimum Gasteiger partial charge on any atom is -0.456 e. The van der Waals surface area contributed by atoms with Crippen LogP contribution < -0.4 is 5.32 Å². The zero-order valence-corrected chi connectivity index (χ0v) is 15.8. The highest BCUT2D eigenvalue weighted by atomic mass is 16.6. The van der Waals surface area contributed by atoms with Gasteiger partial charge in [0.15, 0.2) is 5.82 Å². The molecule has 7 heteroatoms. The second-order valence-corrected chi connectivity index (χ2v) is 7.10. The fourth-order valence-electron chi connectivity index (χ4n) is 2.41. The van der Waals surface area contributed by atoms with Crippen molar-refractivity contribution >= 4 is 11.8 Å². The van der Waals surface area contributed by atoms with Gasteiger partial charge in [0.25, 0.3) is 5.89 Å². The Balaban J connectivity index is 1.68. The standard InChI is InChI=1S/C20H22N4O3/c1-13-23-18(27-24-13)16-6-5-11-21-17(16)22-12-14-7-9-15(10-8-14)19(25)26-20(2,3)4/h5-11H,12H2,1-4H3,(H,21,22). The molecule has 0 unspecified atom stereocenters. The van der Waals surface area contributed by atoms with Crippen molar-refractivity contribution in [3.05, 3.63) is 59.5 Å². The largest absolute Gasteiger partial charge is 0.456 e. The van der Waals surface area contributed by atoms with Crippen LogP contribution in [0.25, 0.3) is 11.5 Å². The van der Waals surface area contributed by atoms with Crippen LogP contribution in [0.4, 0.5) is 5.82 Å². The molecule has 0 aliphatic heterocycles. The third kappa shape index (κ3) is 4.91. The van der Waals surface area contributed by atoms with Crippen molar-refractivity contribution in [2.45, 2.75) is 39.8 Å². The van der Waals surface area contributed by atoms with Crippen molar-refractivity contribution in [3.63, 3.8) is 0 Å². The fraction of sp³-hybridized carbons (Fsp3) is 0.300. The fourth-order valence-corrected chi connectivity index (χ4v) is 2.41. The minimum absolute atomic E-state index is 0.333. The van der Waals surface area contributed by atoms with E-state index in [1.807, 2.05) is 45.0 Å². The molecule has 0 spiro atoms. The maximum absolute atomic E-state index is 12.1. The highest BCUT2D eigenvalue weighted by Crippen LogP contribution is 2.24. The molecule has 7 nitrogen and oxygen atoms in total. The van der Waals surface area contributed by atoms with E-state index >= 15 is 0 Å². The van der Waals surface area contributed by atoms with E-state index in [2.05, 4.69) is 20.4 Å². The Kier molecular flexibility index (Phi) is 5.21. The van der Waals surface area contributed by atoms with E-state index in [0.29, 0.717) is 29.6 Å². The van der Waals surface area contributed by atoms with Crippen molar-refractivity contribution in [2.75, 3.05) is 5.32 Å². The summed E-state index contributed by atoms with van der Waals surface area (Å²) in [6, 6.07) is 11.0. The molecule has 27 heavy (non-hydrogen) atoms. The zero-order valence-electron chi connectivity index (χ0n) is 15.8. The third-order valence-corrected chi connectivity index (χ3v) is 3.61. The number of nitrogens with one attached hydrogen (secondary N) is 1. The number of hydrogen-bond acceptors (Lipinski definition) is 7. The Hall–Kier alpha value is -3.22. The SMILES string of the molecule is Cc1noc(-c2cccnc2NCc2ccc(C(=O)OC(C)(C)C)cc2)n1. The van der Waals surface area contributed by atoms with Crippen LogP contribution >= 0.6 is 0 Å². The normalized spacial score (nSPS) is 11.3. The number of pyridine rings is 1. The number of ether oxygens (including phenoxy) is 1. The van der Waals surface area contributed by atoms with Gasteiger partial charge in [0.05, 0.1) is 11.1 Å². The average molecular weight is 366 g/mol. The van der Waals surface area contributed by atoms with Crippen LogP contribution in [-0.4, -0.2) is 26.7 Å². The molecule has 1 N–H and O–H groups in total. The molecule has 0 aliphatic rings. The summed E-state index contributed by atoms with van der Waals surface area (Å²) >= 11 is 0. The summed E-state index contributed by atoms with van der Waals surface area (Å²) in [5.41, 5.74) is 1.75. The molecule has 0 amide bonds. The van der Waals surface area contributed by atoms with Crippen molar-refractivity contribution in [1.29, 1.82) is 0 Å². The lowest BCUT2D eigenvalue weighted by atomic mass is 10.1. The summed E-state index contributed by atoms with van der Waals surface area (Å²) in [6.07, 6.45) is 1.70. The second-order valence-electron chi connectivity index (χ2n) is 7.10. The van der Waals surface area contributed by atoms with Gasteiger partial charge in [0.1, 0.15) is 11.4 Å². The first kappa shape index (κ1) is 18.6. The lowest BCUT2D eigenvalue weighted by Crippen LogP contribution is -2.23. The van der Waals surface area contributed by atoms with E-state index in [-0.39, 0.29) is 5.97 Å². The number of rotatable bonds is 5. The molecular formula is C20H22N4O3. The third-order valence-electron chi connectivity index (χ3n) is 3.61. The number of carbonyl (C=O) groups excluding carboxylic acids is 1. The van der Waals surface area contributed by atoms with Gasteiger partial charge in [0.2, 0.25) is 0 Å². The quantitative estimate of drug-likeness (QED) is 0.682. The van der Waals surface area contributed by atoms with Gasteiger partial charge < -0.3 is 14.6 Å². The molecular weight excluding hydrogens is 344 g/mol. The molecule has 0 saturated heterocycles. The van der Waals surface area contributed by atoms with E-state index in [1.54, 1.807) is 25.3 Å². The predicted molar refractivity (Wildman–Crippen MR) is 101 cm³/mol. The molecule has 2 aromatic heterocycles. The highest BCUT2D eigenvalue weighted by molar-refractivity contribution is 5.89. The molecule has 0 bridgehead atoms. The molecule has 1 aromatic carbocycles. The van der Waals surface area contributed by atoms with Crippen LogP contribution in [0.15, 0.2) is 47.1 Å². The molecule has 3 aromatic rings. The molecule has 0 aliphatic carbocycles. The lowest BCUT2D eigenvalue weighted by molar-refractivity contribution is 0.00695. The highest BCUT2D eigenvalue weighted by Gasteiger charge is 2.17. The lowest BCUT2D eigenvalue weighted by Gasteiger charge is -2.19. The topological polar surface area (TPSA) is 90.1 Å². The summed E-state index contributed by atoms with van der Waals surface area (Å²) in [6.45, 7) is 7.84. The molecule has 2 heterocycles. The number of aryl methyl sites for hydroxylation is 1. The Labute approximate surface area is 157 Å². The van der Waals surface area contributed by atoms with Gasteiger partial charge in [-0.25, -0.2) is 9.78 Å². The molecule has 3 rings (SSSR count). The van der Waals surface area contributed by atoms with Gasteiger partial charge in [-0.05, 0) is 57.5 Å². The summed E-state index contributed by atoms with van der Waals surface area (Å²) in [7, 11) is 0. The number of anilines is 1. The van der Waals surface area contributed by atoms with Crippen molar-refractivity contribution in [1.82, 2.24) is 15.1 Å². The van der Waals surface area contributed by atoms with E-state index in [1.165, 1.54) is 0 Å². The van der Waals surface area contributed by atoms with Crippen LogP contribution in [0, 0.1) is 6.92 Å². The molecule has 0 radical (unpaired) electrons. The zero-order chi connectivity index (χ0) is 19.4. The number of benzene rings is 1. The molecule has 0 atom stereocenters. The smallest absolute Gasteiger partial charge is 0.338 e. The predicted octanol–water partition coefficient (Wildman–Crippen LogP) is 4.01. The average Bonchev–Trinajstić information content (AvgIpc) is 3.05. The first-order valence-electron chi connectivity index (χ1n) is 8.64. The maximum atomic E-state index is 12.1. The monoisotopic (exact) mass is 366 g/mol. The molecule has 0 saturated carbocycles. The minimum atomic E-state index is -0.514. The van der Waals surface area contributed by atoms with Gasteiger partial charge in [-0.2, -0.15) is 4.98 Å². The number of hydrogen-bond donors (Lipinski definition) is 1. The van der Waals surface area contributed by atoms with Crippen LogP contribution in [0.3, 0.4) is 0 Å². The number of nitrogens with zero attached hydrogens (tertiary/aromatic N) is 3. The number of esters is 1. The van der Waals surface area contributed by atoms with Crippen molar-refractivity contribution in [3.8, 4) is 11.5 Å². The van der Waals surface area contributed by atoms with E-state index < -0.39 is 5.60 Å². The van der Waals surface area contributed by atoms with Gasteiger partial charge >= 0.3 is 5.97 Å². The Morgan fingerprint density at radius 3 is 2.56 bits per heavy atom. The van der Waals surface area contributed by atoms with E-state index in [4.69, 9.17) is 9.26 Å². The van der Waals surface area contributed by atoms with Crippen LogP contribution in [0.2, 0.25) is 0 Å². The van der Waals surface area contributed by atoms with Crippen molar-refractivity contribution < 1.29 is 14.1 Å². The molecule has 0 fully saturated rings. The second kappa shape index (κ2) is 7.57. The van der Waals surface area contributed by atoms with Gasteiger partial charge in [-0.1, -0.05) is 17.3 Å². The van der Waals surface area contributed by atoms with E-state index in [0.717, 1.165) is 11.1 Å². The Morgan fingerprint density at radius 1 is 1.19 bits per heavy atom. The maximum Gasteiger partial charge on any atom is 0.338 e. The Bertz CT molecular complexity index is 927. The Morgan fingerprint density at radius 2 is 1.93 bits per heavy atom. The summed E-state index contributed by atoms with van der Waals surface area (Å²) in [5, 5.41) is 7.09. The van der Waals surface area contributed by atoms with Gasteiger partial charge in [-0.15, -0.1) is 0 Å². The van der Waals surface area contributed by atoms with Crippen LogP contribution in [-0.2, 0) is 11.3 Å². The number of carbonyl (C=O) groups is 1. The summed E-state index contributed by atoms with van der Waals surface area (Å²) in [4.78, 5) is 20.7. The van der Waals surface area contributed by atoms with Gasteiger partial charge in [0, 0.05) is 12.7 Å². The first-order valence-corrected chi connectivity index (χ1v) is 8.64. The van der Waals surface area contributed by atoms with Gasteiger partial charge in [-0.3, -0.25) is 0 Å². The first-order chi connectivity index (χ1) is 12.8.